The third-order valence-electron chi connectivity index (χ3n) is 3.98. The third kappa shape index (κ3) is 6.37. The van der Waals surface area contributed by atoms with Crippen molar-refractivity contribution in [1.29, 1.82) is 0 Å². The van der Waals surface area contributed by atoms with Crippen molar-refractivity contribution in [2.45, 2.75) is 40.2 Å². The number of nitrogens with one attached hydrogen (secondary N) is 2. The Hall–Kier alpha value is -2.34. The van der Waals surface area contributed by atoms with Gasteiger partial charge in [-0.25, -0.2) is 0 Å². The summed E-state index contributed by atoms with van der Waals surface area (Å²) < 4.78 is 6.61. The van der Waals surface area contributed by atoms with Crippen LogP contribution >= 0.6 is 15.9 Å². The number of benzene rings is 2. The molecule has 6 heteroatoms. The summed E-state index contributed by atoms with van der Waals surface area (Å²) in [5.41, 5.74) is 1.29. The van der Waals surface area contributed by atoms with Gasteiger partial charge in [0.2, 0.25) is 0 Å². The second kappa shape index (κ2) is 10.3. The zero-order valence-electron chi connectivity index (χ0n) is 16.7. The van der Waals surface area contributed by atoms with Gasteiger partial charge >= 0.3 is 0 Å². The number of halogens is 1. The largest absolute Gasteiger partial charge is 0.493 e. The molecule has 0 aliphatic heterocycles. The number of anilines is 1. The Bertz CT molecular complexity index is 834. The van der Waals surface area contributed by atoms with Crippen LogP contribution in [0.1, 0.15) is 54.8 Å². The lowest BCUT2D eigenvalue weighted by atomic mass is 10.1. The Balaban J connectivity index is 2.24. The fraction of sp³-hybridized carbons (Fsp3) is 0.364. The summed E-state index contributed by atoms with van der Waals surface area (Å²) in [5.74, 6) is 0.476. The van der Waals surface area contributed by atoms with Gasteiger partial charge in [0.25, 0.3) is 11.8 Å². The number of rotatable bonds is 8. The van der Waals surface area contributed by atoms with Gasteiger partial charge in [-0.1, -0.05) is 41.9 Å². The van der Waals surface area contributed by atoms with E-state index in [1.165, 1.54) is 0 Å². The van der Waals surface area contributed by atoms with Crippen molar-refractivity contribution in [1.82, 2.24) is 5.32 Å². The maximum absolute atomic E-state index is 12.9. The lowest BCUT2D eigenvalue weighted by Gasteiger charge is -2.15. The van der Waals surface area contributed by atoms with Crippen molar-refractivity contribution < 1.29 is 14.3 Å². The second-order valence-corrected chi connectivity index (χ2v) is 8.22. The van der Waals surface area contributed by atoms with Gasteiger partial charge in [-0.3, -0.25) is 9.59 Å². The first-order valence-electron chi connectivity index (χ1n) is 9.41. The maximum Gasteiger partial charge on any atom is 0.259 e. The maximum atomic E-state index is 12.9. The van der Waals surface area contributed by atoms with E-state index >= 15 is 0 Å². The van der Waals surface area contributed by atoms with Gasteiger partial charge in [0.05, 0.1) is 23.4 Å². The summed E-state index contributed by atoms with van der Waals surface area (Å²) >= 11 is 3.41. The van der Waals surface area contributed by atoms with Crippen LogP contribution in [0.5, 0.6) is 5.75 Å². The fourth-order valence-electron chi connectivity index (χ4n) is 2.53. The predicted octanol–water partition coefficient (Wildman–Crippen LogP) is 5.26. The molecule has 2 rings (SSSR count). The molecule has 0 radical (unpaired) electrons. The number of hydrogen-bond acceptors (Lipinski definition) is 3. The molecular weight excluding hydrogens is 420 g/mol. The topological polar surface area (TPSA) is 67.4 Å². The zero-order valence-corrected chi connectivity index (χ0v) is 18.3. The molecule has 0 fully saturated rings. The monoisotopic (exact) mass is 446 g/mol. The van der Waals surface area contributed by atoms with E-state index < -0.39 is 0 Å². The first-order valence-corrected chi connectivity index (χ1v) is 10.2. The molecular formula is C22H27BrN2O3. The highest BCUT2D eigenvalue weighted by molar-refractivity contribution is 9.10. The van der Waals surface area contributed by atoms with Gasteiger partial charge < -0.3 is 15.4 Å². The molecule has 0 heterocycles. The minimum atomic E-state index is -0.328. The van der Waals surface area contributed by atoms with Gasteiger partial charge in [0.15, 0.2) is 0 Å². The summed E-state index contributed by atoms with van der Waals surface area (Å²) in [6.45, 7) is 8.56. The second-order valence-electron chi connectivity index (χ2n) is 7.30. The molecule has 2 aromatic carbocycles. The van der Waals surface area contributed by atoms with Gasteiger partial charge in [-0.05, 0) is 56.5 Å². The summed E-state index contributed by atoms with van der Waals surface area (Å²) in [7, 11) is 0. The number of amides is 2. The molecule has 28 heavy (non-hydrogen) atoms. The normalized spacial score (nSPS) is 10.8. The fourth-order valence-corrected chi connectivity index (χ4v) is 2.89. The van der Waals surface area contributed by atoms with Crippen molar-refractivity contribution in [3.05, 3.63) is 58.1 Å². The first-order chi connectivity index (χ1) is 13.3. The lowest BCUT2D eigenvalue weighted by Crippen LogP contribution is -2.31. The average molecular weight is 447 g/mol. The van der Waals surface area contributed by atoms with E-state index in [0.717, 1.165) is 10.9 Å². The molecule has 0 unspecified atom stereocenters. The SMILES string of the molecule is CC(C)CCOc1ccc(Br)cc1C(=O)Nc1ccccc1C(=O)NC(C)C. The van der Waals surface area contributed by atoms with Crippen LogP contribution < -0.4 is 15.4 Å². The van der Waals surface area contributed by atoms with Crippen LogP contribution in [0.3, 0.4) is 0 Å². The smallest absolute Gasteiger partial charge is 0.259 e. The third-order valence-corrected chi connectivity index (χ3v) is 4.47. The number of para-hydroxylation sites is 1. The van der Waals surface area contributed by atoms with Gasteiger partial charge in [0, 0.05) is 10.5 Å². The van der Waals surface area contributed by atoms with E-state index in [0.29, 0.717) is 35.1 Å². The van der Waals surface area contributed by atoms with Crippen molar-refractivity contribution >= 4 is 33.4 Å². The highest BCUT2D eigenvalue weighted by atomic mass is 79.9. The minimum absolute atomic E-state index is 0.00213. The van der Waals surface area contributed by atoms with Crippen molar-refractivity contribution in [2.75, 3.05) is 11.9 Å². The van der Waals surface area contributed by atoms with Crippen LogP contribution in [0.15, 0.2) is 46.9 Å². The molecule has 0 aliphatic carbocycles. The van der Waals surface area contributed by atoms with Gasteiger partial charge in [0.1, 0.15) is 5.75 Å². The standard InChI is InChI=1S/C22H27BrN2O3/c1-14(2)11-12-28-20-10-9-16(23)13-18(20)22(27)25-19-8-6-5-7-17(19)21(26)24-15(3)4/h5-10,13-15H,11-12H2,1-4H3,(H,24,26)(H,25,27). The summed E-state index contributed by atoms with van der Waals surface area (Å²) in [4.78, 5) is 25.4. The quantitative estimate of drug-likeness (QED) is 0.580. The van der Waals surface area contributed by atoms with Crippen molar-refractivity contribution in [3.63, 3.8) is 0 Å². The van der Waals surface area contributed by atoms with Gasteiger partial charge in [-0.2, -0.15) is 0 Å². The van der Waals surface area contributed by atoms with Crippen molar-refractivity contribution in [3.8, 4) is 5.75 Å². The Labute approximate surface area is 175 Å². The van der Waals surface area contributed by atoms with Crippen LogP contribution in [-0.2, 0) is 0 Å². The summed E-state index contributed by atoms with van der Waals surface area (Å²) in [6, 6.07) is 12.3. The molecule has 5 nitrogen and oxygen atoms in total. The lowest BCUT2D eigenvalue weighted by molar-refractivity contribution is 0.0944. The van der Waals surface area contributed by atoms with Crippen LogP contribution in [-0.4, -0.2) is 24.5 Å². The van der Waals surface area contributed by atoms with Crippen LogP contribution in [0.4, 0.5) is 5.69 Å². The minimum Gasteiger partial charge on any atom is -0.493 e. The van der Waals surface area contributed by atoms with Crippen molar-refractivity contribution in [2.24, 2.45) is 5.92 Å². The molecule has 0 atom stereocenters. The molecule has 2 aromatic rings. The highest BCUT2D eigenvalue weighted by Gasteiger charge is 2.18. The number of carbonyl (C=O) groups is 2. The molecule has 0 bridgehead atoms. The van der Waals surface area contributed by atoms with E-state index in [2.05, 4.69) is 40.4 Å². The molecule has 0 saturated carbocycles. The molecule has 0 saturated heterocycles. The Kier molecular flexibility index (Phi) is 8.05. The van der Waals surface area contributed by atoms with E-state index in [4.69, 9.17) is 4.74 Å². The van der Waals surface area contributed by atoms with E-state index in [1.807, 2.05) is 19.9 Å². The molecule has 0 aliphatic rings. The summed E-state index contributed by atoms with van der Waals surface area (Å²) in [5, 5.41) is 5.70. The molecule has 2 N–H and O–H groups in total. The predicted molar refractivity (Wildman–Crippen MR) is 116 cm³/mol. The van der Waals surface area contributed by atoms with Crippen LogP contribution in [0.2, 0.25) is 0 Å². The molecule has 2 amide bonds. The van der Waals surface area contributed by atoms with Crippen LogP contribution in [0.25, 0.3) is 0 Å². The average Bonchev–Trinajstić information content (AvgIpc) is 2.62. The van der Waals surface area contributed by atoms with Crippen LogP contribution in [0, 0.1) is 5.92 Å². The first kappa shape index (κ1) is 22.0. The molecule has 0 spiro atoms. The summed E-state index contributed by atoms with van der Waals surface area (Å²) in [6.07, 6.45) is 0.898. The number of ether oxygens (including phenoxy) is 1. The number of hydrogen-bond donors (Lipinski definition) is 2. The van der Waals surface area contributed by atoms with Gasteiger partial charge in [-0.15, -0.1) is 0 Å². The highest BCUT2D eigenvalue weighted by Crippen LogP contribution is 2.26. The van der Waals surface area contributed by atoms with E-state index in [1.54, 1.807) is 36.4 Å². The Morgan fingerprint density at radius 3 is 2.39 bits per heavy atom. The Morgan fingerprint density at radius 1 is 1.00 bits per heavy atom. The molecule has 0 aromatic heterocycles. The molecule has 150 valence electrons. The van der Waals surface area contributed by atoms with E-state index in [9.17, 15) is 9.59 Å². The van der Waals surface area contributed by atoms with E-state index in [-0.39, 0.29) is 17.9 Å². The zero-order chi connectivity index (χ0) is 20.7. The number of carbonyl (C=O) groups excluding carboxylic acids is 2. The Morgan fingerprint density at radius 2 is 1.71 bits per heavy atom.